The maximum Gasteiger partial charge on any atom is 0.278 e. The highest BCUT2D eigenvalue weighted by molar-refractivity contribution is 6.36. The molecular formula is C25H27N3O5. The Hall–Kier alpha value is -3.36. The van der Waals surface area contributed by atoms with Crippen LogP contribution in [-0.4, -0.2) is 74.2 Å². The fourth-order valence-corrected chi connectivity index (χ4v) is 4.21. The quantitative estimate of drug-likeness (QED) is 0.678. The molecule has 1 fully saturated rings. The van der Waals surface area contributed by atoms with E-state index in [0.29, 0.717) is 67.8 Å². The number of nitrogens with one attached hydrogen (secondary N) is 1. The molecule has 1 N–H and O–H groups in total. The third-order valence-corrected chi connectivity index (χ3v) is 6.06. The first-order chi connectivity index (χ1) is 16.1. The summed E-state index contributed by atoms with van der Waals surface area (Å²) in [5.74, 6) is 0.682. The number of hydrogen-bond donors (Lipinski definition) is 1. The van der Waals surface area contributed by atoms with Crippen molar-refractivity contribution >= 4 is 23.1 Å². The second kappa shape index (κ2) is 9.25. The Morgan fingerprint density at radius 2 is 1.58 bits per heavy atom. The molecule has 5 rings (SSSR count). The summed E-state index contributed by atoms with van der Waals surface area (Å²) in [6.07, 6.45) is 0. The second-order valence-electron chi connectivity index (χ2n) is 8.32. The van der Waals surface area contributed by atoms with Crippen LogP contribution in [0.1, 0.15) is 11.1 Å². The zero-order valence-corrected chi connectivity index (χ0v) is 18.6. The molecule has 172 valence electrons. The van der Waals surface area contributed by atoms with E-state index in [-0.39, 0.29) is 17.5 Å². The molecule has 3 aliphatic heterocycles. The lowest BCUT2D eigenvalue weighted by Crippen LogP contribution is -2.43. The average Bonchev–Trinajstić information content (AvgIpc) is 3.07. The number of anilines is 1. The molecule has 3 aliphatic rings. The number of aryl methyl sites for hydroxylation is 1. The lowest BCUT2D eigenvalue weighted by Gasteiger charge is -2.28. The van der Waals surface area contributed by atoms with Crippen molar-refractivity contribution in [3.05, 3.63) is 59.3 Å². The van der Waals surface area contributed by atoms with Crippen LogP contribution in [0.2, 0.25) is 0 Å². The van der Waals surface area contributed by atoms with Crippen LogP contribution in [0.15, 0.2) is 48.2 Å². The van der Waals surface area contributed by atoms with E-state index in [1.165, 1.54) is 4.90 Å². The van der Waals surface area contributed by atoms with Gasteiger partial charge in [-0.05, 0) is 24.6 Å². The van der Waals surface area contributed by atoms with E-state index in [0.717, 1.165) is 18.7 Å². The molecule has 3 heterocycles. The number of morpholine rings is 1. The predicted molar refractivity (Wildman–Crippen MR) is 123 cm³/mol. The summed E-state index contributed by atoms with van der Waals surface area (Å²) < 4.78 is 16.7. The van der Waals surface area contributed by atoms with Crippen LogP contribution >= 0.6 is 0 Å². The highest BCUT2D eigenvalue weighted by Gasteiger charge is 2.39. The lowest BCUT2D eigenvalue weighted by atomic mass is 10.0. The molecule has 2 amide bonds. The van der Waals surface area contributed by atoms with Gasteiger partial charge < -0.3 is 19.5 Å². The monoisotopic (exact) mass is 449 g/mol. The van der Waals surface area contributed by atoms with E-state index < -0.39 is 0 Å². The number of fused-ring (bicyclic) bond motifs is 1. The van der Waals surface area contributed by atoms with Crippen LogP contribution in [0.5, 0.6) is 11.5 Å². The highest BCUT2D eigenvalue weighted by atomic mass is 16.6. The van der Waals surface area contributed by atoms with Crippen LogP contribution < -0.4 is 14.8 Å². The van der Waals surface area contributed by atoms with Gasteiger partial charge in [0.2, 0.25) is 0 Å². The second-order valence-corrected chi connectivity index (χ2v) is 8.32. The molecule has 8 heteroatoms. The molecule has 0 aliphatic carbocycles. The summed E-state index contributed by atoms with van der Waals surface area (Å²) in [4.78, 5) is 30.4. The summed E-state index contributed by atoms with van der Waals surface area (Å²) in [6.45, 7) is 6.88. The van der Waals surface area contributed by atoms with Gasteiger partial charge in [0.15, 0.2) is 11.5 Å². The fraction of sp³-hybridized carbons (Fsp3) is 0.360. The Bertz CT molecular complexity index is 1090. The minimum absolute atomic E-state index is 0.280. The third kappa shape index (κ3) is 4.44. The topological polar surface area (TPSA) is 80.3 Å². The van der Waals surface area contributed by atoms with Crippen molar-refractivity contribution in [1.82, 2.24) is 9.80 Å². The van der Waals surface area contributed by atoms with Gasteiger partial charge in [0.05, 0.1) is 18.8 Å². The summed E-state index contributed by atoms with van der Waals surface area (Å²) in [7, 11) is 0. The molecule has 2 aromatic rings. The normalized spacial score (nSPS) is 18.8. The first kappa shape index (κ1) is 21.5. The van der Waals surface area contributed by atoms with Gasteiger partial charge in [0, 0.05) is 37.9 Å². The van der Waals surface area contributed by atoms with Gasteiger partial charge >= 0.3 is 0 Å². The maximum atomic E-state index is 13.4. The Kier molecular flexibility index (Phi) is 6.02. The number of benzene rings is 2. The van der Waals surface area contributed by atoms with E-state index in [1.54, 1.807) is 12.1 Å². The molecular weight excluding hydrogens is 422 g/mol. The molecule has 1 saturated heterocycles. The van der Waals surface area contributed by atoms with Gasteiger partial charge in [-0.15, -0.1) is 0 Å². The van der Waals surface area contributed by atoms with Gasteiger partial charge in [0.1, 0.15) is 18.9 Å². The minimum atomic E-state index is -0.321. The van der Waals surface area contributed by atoms with Crippen molar-refractivity contribution in [3.8, 4) is 11.5 Å². The SMILES string of the molecule is Cc1ccc(C2=C(Nc3ccc4c(c3)OCCO4)C(=O)N(CCN3CCOCC3)C2=O)cc1. The van der Waals surface area contributed by atoms with Crippen molar-refractivity contribution < 1.29 is 23.8 Å². The summed E-state index contributed by atoms with van der Waals surface area (Å²) >= 11 is 0. The number of ether oxygens (including phenoxy) is 3. The molecule has 0 saturated carbocycles. The standard InChI is InChI=1S/C25H27N3O5/c1-17-2-4-18(5-3-17)22-23(26-19-6-7-20-21(16-19)33-15-14-32-20)25(30)28(24(22)29)9-8-27-10-12-31-13-11-27/h2-7,16,26H,8-15H2,1H3. The van der Waals surface area contributed by atoms with Gasteiger partial charge in [-0.1, -0.05) is 29.8 Å². The molecule has 0 bridgehead atoms. The highest BCUT2D eigenvalue weighted by Crippen LogP contribution is 2.35. The van der Waals surface area contributed by atoms with Crippen LogP contribution in [0.4, 0.5) is 5.69 Å². The summed E-state index contributed by atoms with van der Waals surface area (Å²) in [5.41, 5.74) is 3.13. The molecule has 2 aromatic carbocycles. The molecule has 0 atom stereocenters. The van der Waals surface area contributed by atoms with Crippen molar-refractivity contribution in [3.63, 3.8) is 0 Å². The minimum Gasteiger partial charge on any atom is -0.486 e. The van der Waals surface area contributed by atoms with Crippen molar-refractivity contribution in [2.24, 2.45) is 0 Å². The van der Waals surface area contributed by atoms with Crippen LogP contribution in [0.25, 0.3) is 5.57 Å². The molecule has 33 heavy (non-hydrogen) atoms. The Morgan fingerprint density at radius 3 is 2.33 bits per heavy atom. The first-order valence-electron chi connectivity index (χ1n) is 11.2. The average molecular weight is 450 g/mol. The van der Waals surface area contributed by atoms with E-state index in [1.807, 2.05) is 37.3 Å². The van der Waals surface area contributed by atoms with Gasteiger partial charge in [0.25, 0.3) is 11.8 Å². The molecule has 8 nitrogen and oxygen atoms in total. The Labute approximate surface area is 192 Å². The van der Waals surface area contributed by atoms with Crippen LogP contribution in [0, 0.1) is 6.92 Å². The van der Waals surface area contributed by atoms with Gasteiger partial charge in [-0.25, -0.2) is 0 Å². The van der Waals surface area contributed by atoms with Crippen molar-refractivity contribution in [2.45, 2.75) is 6.92 Å². The van der Waals surface area contributed by atoms with E-state index >= 15 is 0 Å². The van der Waals surface area contributed by atoms with Crippen molar-refractivity contribution in [2.75, 3.05) is 57.9 Å². The number of imide groups is 1. The lowest BCUT2D eigenvalue weighted by molar-refractivity contribution is -0.137. The number of carbonyl (C=O) groups excluding carboxylic acids is 2. The summed E-state index contributed by atoms with van der Waals surface area (Å²) in [5, 5.41) is 3.20. The molecule has 0 unspecified atom stereocenters. The zero-order chi connectivity index (χ0) is 22.8. The number of carbonyl (C=O) groups is 2. The largest absolute Gasteiger partial charge is 0.486 e. The van der Waals surface area contributed by atoms with E-state index in [9.17, 15) is 9.59 Å². The van der Waals surface area contributed by atoms with Gasteiger partial charge in [-0.2, -0.15) is 0 Å². The summed E-state index contributed by atoms with van der Waals surface area (Å²) in [6, 6.07) is 13.1. The fourth-order valence-electron chi connectivity index (χ4n) is 4.21. The zero-order valence-electron chi connectivity index (χ0n) is 18.6. The van der Waals surface area contributed by atoms with Crippen LogP contribution in [0.3, 0.4) is 0 Å². The van der Waals surface area contributed by atoms with Gasteiger partial charge in [-0.3, -0.25) is 19.4 Å². The molecule has 0 radical (unpaired) electrons. The molecule has 0 aromatic heterocycles. The smallest absolute Gasteiger partial charge is 0.278 e. The first-order valence-corrected chi connectivity index (χ1v) is 11.2. The van der Waals surface area contributed by atoms with Crippen LogP contribution in [-0.2, 0) is 14.3 Å². The number of hydrogen-bond acceptors (Lipinski definition) is 7. The Balaban J connectivity index is 1.43. The molecule has 0 spiro atoms. The maximum absolute atomic E-state index is 13.4. The van der Waals surface area contributed by atoms with E-state index in [2.05, 4.69) is 10.2 Å². The number of nitrogens with zero attached hydrogens (tertiary/aromatic N) is 2. The number of amides is 2. The van der Waals surface area contributed by atoms with Crippen molar-refractivity contribution in [1.29, 1.82) is 0 Å². The predicted octanol–water partition coefficient (Wildman–Crippen LogP) is 2.29. The third-order valence-electron chi connectivity index (χ3n) is 6.06. The number of rotatable bonds is 6. The Morgan fingerprint density at radius 1 is 0.848 bits per heavy atom. The van der Waals surface area contributed by atoms with E-state index in [4.69, 9.17) is 14.2 Å².